The van der Waals surface area contributed by atoms with Crippen LogP contribution in [0, 0.1) is 6.92 Å². The number of rotatable bonds is 13. The molecule has 0 saturated heterocycles. The number of aromatic nitrogens is 1. The minimum Gasteiger partial charge on any atom is -0.468 e. The Morgan fingerprint density at radius 2 is 1.76 bits per heavy atom. The number of aryl methyl sites for hydroxylation is 1. The van der Waals surface area contributed by atoms with Gasteiger partial charge in [-0.05, 0) is 48.6 Å². The maximum Gasteiger partial charge on any atom is 0.239 e. The van der Waals surface area contributed by atoms with Crippen molar-refractivity contribution in [3.63, 3.8) is 0 Å². The normalized spacial score (nSPS) is 11.7. The van der Waals surface area contributed by atoms with Crippen molar-refractivity contribution in [2.45, 2.75) is 32.5 Å². The molecule has 0 aliphatic carbocycles. The van der Waals surface area contributed by atoms with Gasteiger partial charge in [0.15, 0.2) is 12.6 Å². The van der Waals surface area contributed by atoms with E-state index in [2.05, 4.69) is 29.7 Å². The van der Waals surface area contributed by atoms with E-state index >= 15 is 0 Å². The molecule has 0 bridgehead atoms. The summed E-state index contributed by atoms with van der Waals surface area (Å²) in [6.07, 6.45) is 3.84. The first kappa shape index (κ1) is 25.9. The number of carbonyl (C=O) groups is 3. The van der Waals surface area contributed by atoms with Gasteiger partial charge in [-0.1, -0.05) is 54.6 Å². The minimum atomic E-state index is -0.822. The average Bonchev–Trinajstić information content (AvgIpc) is 3.26. The summed E-state index contributed by atoms with van der Waals surface area (Å²) in [6, 6.07) is 23.3. The quantitative estimate of drug-likeness (QED) is 0.216. The second kappa shape index (κ2) is 12.6. The van der Waals surface area contributed by atoms with Gasteiger partial charge in [0.2, 0.25) is 12.1 Å². The molecule has 1 aromatic heterocycles. The third kappa shape index (κ3) is 6.92. The number of hydrogen-bond acceptors (Lipinski definition) is 5. The zero-order chi connectivity index (χ0) is 26.0. The summed E-state index contributed by atoms with van der Waals surface area (Å²) < 4.78 is 7.60. The number of carbonyl (C=O) groups excluding carboxylic acids is 3. The molecule has 37 heavy (non-hydrogen) atoms. The van der Waals surface area contributed by atoms with E-state index in [0.29, 0.717) is 29.9 Å². The van der Waals surface area contributed by atoms with Crippen molar-refractivity contribution in [1.82, 2.24) is 15.2 Å². The van der Waals surface area contributed by atoms with Gasteiger partial charge in [-0.15, -0.1) is 0 Å². The van der Waals surface area contributed by atoms with Gasteiger partial charge in [0, 0.05) is 36.3 Å². The van der Waals surface area contributed by atoms with Crippen LogP contribution < -0.4 is 15.4 Å². The van der Waals surface area contributed by atoms with Crippen LogP contribution in [0.3, 0.4) is 0 Å². The first-order chi connectivity index (χ1) is 18.1. The Balaban J connectivity index is 1.39. The van der Waals surface area contributed by atoms with E-state index in [1.807, 2.05) is 42.5 Å². The van der Waals surface area contributed by atoms with Gasteiger partial charge in [-0.3, -0.25) is 19.7 Å². The van der Waals surface area contributed by atoms with Crippen LogP contribution in [0.15, 0.2) is 79.0 Å². The molecule has 2 N–H and O–H groups in total. The molecule has 1 atom stereocenters. The van der Waals surface area contributed by atoms with Crippen LogP contribution in [0.25, 0.3) is 10.9 Å². The lowest BCUT2D eigenvalue weighted by atomic mass is 10.1. The summed E-state index contributed by atoms with van der Waals surface area (Å²) in [5, 5.41) is 6.77. The largest absolute Gasteiger partial charge is 0.468 e. The van der Waals surface area contributed by atoms with Crippen molar-refractivity contribution < 1.29 is 19.1 Å². The van der Waals surface area contributed by atoms with Crippen LogP contribution in [0.1, 0.15) is 27.0 Å². The van der Waals surface area contributed by atoms with Crippen LogP contribution in [0.2, 0.25) is 0 Å². The Bertz CT molecular complexity index is 1360. The topological polar surface area (TPSA) is 89.4 Å². The van der Waals surface area contributed by atoms with Crippen molar-refractivity contribution in [2.24, 2.45) is 0 Å². The molecular weight excluding hydrogens is 466 g/mol. The molecule has 4 aromatic rings. The maximum atomic E-state index is 12.6. The molecular formula is C30H31N3O4. The number of ether oxygens (including phenoxy) is 1. The highest BCUT2D eigenvalue weighted by atomic mass is 16.5. The van der Waals surface area contributed by atoms with Gasteiger partial charge in [0.1, 0.15) is 12.3 Å². The van der Waals surface area contributed by atoms with Gasteiger partial charge in [0.05, 0.1) is 5.52 Å². The number of nitrogens with zero attached hydrogens (tertiary/aromatic N) is 1. The average molecular weight is 498 g/mol. The molecule has 0 fully saturated rings. The highest BCUT2D eigenvalue weighted by molar-refractivity contribution is 5.98. The van der Waals surface area contributed by atoms with Crippen LogP contribution in [0.5, 0.6) is 5.75 Å². The smallest absolute Gasteiger partial charge is 0.239 e. The summed E-state index contributed by atoms with van der Waals surface area (Å²) >= 11 is 0. The maximum absolute atomic E-state index is 12.6. The van der Waals surface area contributed by atoms with E-state index in [1.54, 1.807) is 29.0 Å². The predicted octanol–water partition coefficient (Wildman–Crippen LogP) is 3.86. The minimum absolute atomic E-state index is 0.0639. The number of amides is 1. The lowest BCUT2D eigenvalue weighted by molar-refractivity contribution is -0.121. The van der Waals surface area contributed by atoms with E-state index in [4.69, 9.17) is 4.74 Å². The summed E-state index contributed by atoms with van der Waals surface area (Å²) in [5.74, 6) is 0.314. The van der Waals surface area contributed by atoms with E-state index in [9.17, 15) is 14.4 Å². The highest BCUT2D eigenvalue weighted by Crippen LogP contribution is 2.25. The lowest BCUT2D eigenvalue weighted by Crippen LogP contribution is -2.37. The second-order valence-corrected chi connectivity index (χ2v) is 8.90. The molecule has 3 aromatic carbocycles. The zero-order valence-electron chi connectivity index (χ0n) is 20.9. The highest BCUT2D eigenvalue weighted by Gasteiger charge is 2.14. The van der Waals surface area contributed by atoms with Crippen molar-refractivity contribution in [3.05, 3.63) is 101 Å². The van der Waals surface area contributed by atoms with Crippen molar-refractivity contribution in [3.8, 4) is 5.75 Å². The Morgan fingerprint density at radius 3 is 2.51 bits per heavy atom. The van der Waals surface area contributed by atoms with Gasteiger partial charge in [-0.25, -0.2) is 0 Å². The van der Waals surface area contributed by atoms with Crippen LogP contribution in [0.4, 0.5) is 0 Å². The summed E-state index contributed by atoms with van der Waals surface area (Å²) in [6.45, 7) is 3.22. The molecule has 0 saturated carbocycles. The van der Waals surface area contributed by atoms with Crippen molar-refractivity contribution in [2.75, 3.05) is 13.1 Å². The fraction of sp³-hybridized carbons (Fsp3) is 0.233. The van der Waals surface area contributed by atoms with E-state index in [0.717, 1.165) is 36.4 Å². The van der Waals surface area contributed by atoms with Gasteiger partial charge in [-0.2, -0.15) is 0 Å². The van der Waals surface area contributed by atoms with E-state index in [-0.39, 0.29) is 12.5 Å². The molecule has 190 valence electrons. The van der Waals surface area contributed by atoms with E-state index < -0.39 is 6.23 Å². The van der Waals surface area contributed by atoms with Crippen molar-refractivity contribution in [1.29, 1.82) is 0 Å². The van der Waals surface area contributed by atoms with Crippen LogP contribution >= 0.6 is 0 Å². The molecule has 1 heterocycles. The third-order valence-electron chi connectivity index (χ3n) is 6.29. The van der Waals surface area contributed by atoms with Gasteiger partial charge >= 0.3 is 0 Å². The number of fused-ring (bicyclic) bond motifs is 1. The predicted molar refractivity (Wildman–Crippen MR) is 144 cm³/mol. The summed E-state index contributed by atoms with van der Waals surface area (Å²) in [7, 11) is 0. The first-order valence-corrected chi connectivity index (χ1v) is 12.4. The molecule has 0 spiro atoms. The number of hydrogen-bond donors (Lipinski definition) is 2. The zero-order valence-corrected chi connectivity index (χ0v) is 20.9. The lowest BCUT2D eigenvalue weighted by Gasteiger charge is -2.16. The molecule has 0 aliphatic heterocycles. The standard InChI is InChI=1S/C30H31N3O4/c1-22-7-5-6-10-24(22)14-16-32-30(21-35)37-26-11-12-27-25(20-34)18-33(28(27)17-26)19-29(36)31-15-13-23-8-3-2-4-9-23/h2-12,17-18,20-21,30,32H,13-16,19H2,1H3,(H,31,36). The molecule has 0 aliphatic rings. The molecule has 4 rings (SSSR count). The Labute approximate surface area is 216 Å². The second-order valence-electron chi connectivity index (χ2n) is 8.90. The SMILES string of the molecule is Cc1ccccc1CCNC(C=O)Oc1ccc2c(C=O)cn(CC(=O)NCCc3ccccc3)c2c1. The van der Waals surface area contributed by atoms with Crippen molar-refractivity contribution >= 4 is 29.4 Å². The Hall–Kier alpha value is -4.23. The molecule has 7 nitrogen and oxygen atoms in total. The van der Waals surface area contributed by atoms with Gasteiger partial charge < -0.3 is 14.6 Å². The first-order valence-electron chi connectivity index (χ1n) is 12.4. The number of aldehydes is 2. The fourth-order valence-electron chi connectivity index (χ4n) is 4.30. The van der Waals surface area contributed by atoms with Crippen LogP contribution in [-0.4, -0.2) is 42.4 Å². The number of benzene rings is 3. The van der Waals surface area contributed by atoms with E-state index in [1.165, 1.54) is 11.1 Å². The summed E-state index contributed by atoms with van der Waals surface area (Å²) in [5.41, 5.74) is 4.73. The Morgan fingerprint density at radius 1 is 0.973 bits per heavy atom. The molecule has 7 heteroatoms. The Kier molecular flexibility index (Phi) is 8.84. The third-order valence-corrected chi connectivity index (χ3v) is 6.29. The monoisotopic (exact) mass is 497 g/mol. The molecule has 1 unspecified atom stereocenters. The molecule has 0 radical (unpaired) electrons. The number of nitrogens with one attached hydrogen (secondary N) is 2. The molecule has 1 amide bonds. The summed E-state index contributed by atoms with van der Waals surface area (Å²) in [4.78, 5) is 35.9. The van der Waals surface area contributed by atoms with Gasteiger partial charge in [0.25, 0.3) is 0 Å². The van der Waals surface area contributed by atoms with Crippen LogP contribution in [-0.2, 0) is 29.0 Å². The fourth-order valence-corrected chi connectivity index (χ4v) is 4.30.